The van der Waals surface area contributed by atoms with Gasteiger partial charge in [0.25, 0.3) is 0 Å². The Kier molecular flexibility index (Phi) is 3.43. The largest absolute Gasteiger partial charge is 0.488 e. The van der Waals surface area contributed by atoms with Gasteiger partial charge in [0.15, 0.2) is 0 Å². The Hall–Kier alpha value is -0.980. The van der Waals surface area contributed by atoms with Gasteiger partial charge in [0, 0.05) is 0 Å². The molecule has 1 heteroatoms. The number of rotatable bonds is 2. The van der Waals surface area contributed by atoms with Gasteiger partial charge in [-0.1, -0.05) is 19.9 Å². The summed E-state index contributed by atoms with van der Waals surface area (Å²) in [5.74, 6) is 1.53. The molecule has 0 amide bonds. The molecule has 0 N–H and O–H groups in total. The lowest BCUT2D eigenvalue weighted by Gasteiger charge is -2.22. The lowest BCUT2D eigenvalue weighted by molar-refractivity contribution is 0.130. The van der Waals surface area contributed by atoms with E-state index in [1.165, 1.54) is 11.1 Å². The summed E-state index contributed by atoms with van der Waals surface area (Å²) >= 11 is 0. The van der Waals surface area contributed by atoms with Crippen molar-refractivity contribution in [3.05, 3.63) is 29.3 Å². The predicted molar refractivity (Wildman–Crippen MR) is 65.6 cm³/mol. The average Bonchev–Trinajstić information content (AvgIpc) is 1.99. The minimum atomic E-state index is -0.123. The van der Waals surface area contributed by atoms with Crippen molar-refractivity contribution in [3.63, 3.8) is 0 Å². The molecule has 0 aliphatic rings. The van der Waals surface area contributed by atoms with Gasteiger partial charge in [-0.3, -0.25) is 0 Å². The molecule has 0 aromatic heterocycles. The Morgan fingerprint density at radius 3 is 2.13 bits per heavy atom. The van der Waals surface area contributed by atoms with Gasteiger partial charge >= 0.3 is 0 Å². The lowest BCUT2D eigenvalue weighted by Crippen LogP contribution is -2.23. The number of aryl methyl sites for hydroxylation is 1. The molecule has 0 radical (unpaired) electrons. The second-order valence-electron chi connectivity index (χ2n) is 5.45. The van der Waals surface area contributed by atoms with Crippen LogP contribution in [0.4, 0.5) is 0 Å². The maximum Gasteiger partial charge on any atom is 0.120 e. The first kappa shape index (κ1) is 12.1. The number of ether oxygens (including phenoxy) is 1. The van der Waals surface area contributed by atoms with Crippen LogP contribution >= 0.6 is 0 Å². The third-order valence-electron chi connectivity index (χ3n) is 2.16. The normalized spacial score (nSPS) is 11.9. The van der Waals surface area contributed by atoms with Gasteiger partial charge in [0.05, 0.1) is 0 Å². The van der Waals surface area contributed by atoms with Crippen LogP contribution < -0.4 is 4.74 Å². The molecule has 0 saturated heterocycles. The maximum atomic E-state index is 5.87. The highest BCUT2D eigenvalue weighted by Crippen LogP contribution is 2.25. The van der Waals surface area contributed by atoms with E-state index in [0.717, 1.165) is 5.75 Å². The first-order valence-electron chi connectivity index (χ1n) is 5.58. The molecule has 0 aliphatic heterocycles. The molecule has 1 rings (SSSR count). The van der Waals surface area contributed by atoms with Gasteiger partial charge in [-0.15, -0.1) is 0 Å². The van der Waals surface area contributed by atoms with Crippen molar-refractivity contribution in [2.75, 3.05) is 0 Å². The summed E-state index contributed by atoms with van der Waals surface area (Å²) in [6, 6.07) is 6.46. The van der Waals surface area contributed by atoms with Crippen molar-refractivity contribution >= 4 is 0 Å². The second kappa shape index (κ2) is 4.26. The van der Waals surface area contributed by atoms with Crippen molar-refractivity contribution in [2.45, 2.75) is 53.1 Å². The Bertz CT molecular complexity index is 332. The smallest absolute Gasteiger partial charge is 0.120 e. The van der Waals surface area contributed by atoms with E-state index in [1.807, 2.05) is 0 Å². The van der Waals surface area contributed by atoms with Gasteiger partial charge in [-0.2, -0.15) is 0 Å². The minimum absolute atomic E-state index is 0.123. The summed E-state index contributed by atoms with van der Waals surface area (Å²) < 4.78 is 5.87. The van der Waals surface area contributed by atoms with Gasteiger partial charge in [0.1, 0.15) is 11.4 Å². The summed E-state index contributed by atoms with van der Waals surface area (Å²) in [6.07, 6.45) is 0. The van der Waals surface area contributed by atoms with Crippen LogP contribution in [0.3, 0.4) is 0 Å². The highest BCUT2D eigenvalue weighted by molar-refractivity contribution is 5.35. The van der Waals surface area contributed by atoms with E-state index >= 15 is 0 Å². The zero-order valence-electron chi connectivity index (χ0n) is 10.7. The molecule has 0 unspecified atom stereocenters. The fourth-order valence-electron chi connectivity index (χ4n) is 1.52. The van der Waals surface area contributed by atoms with Gasteiger partial charge in [0.2, 0.25) is 0 Å². The van der Waals surface area contributed by atoms with Crippen LogP contribution in [0.25, 0.3) is 0 Å². The zero-order chi connectivity index (χ0) is 11.6. The fourth-order valence-corrected chi connectivity index (χ4v) is 1.52. The molecule has 0 saturated carbocycles. The van der Waals surface area contributed by atoms with Crippen LogP contribution in [-0.4, -0.2) is 5.60 Å². The monoisotopic (exact) mass is 206 g/mol. The molecular formula is C14H22O. The van der Waals surface area contributed by atoms with Crippen molar-refractivity contribution in [1.29, 1.82) is 0 Å². The van der Waals surface area contributed by atoms with Crippen molar-refractivity contribution in [3.8, 4) is 5.75 Å². The maximum absolute atomic E-state index is 5.87. The fraction of sp³-hybridized carbons (Fsp3) is 0.571. The molecule has 1 aromatic carbocycles. The highest BCUT2D eigenvalue weighted by atomic mass is 16.5. The van der Waals surface area contributed by atoms with Crippen molar-refractivity contribution in [2.24, 2.45) is 0 Å². The summed E-state index contributed by atoms with van der Waals surface area (Å²) in [6.45, 7) is 12.7. The summed E-state index contributed by atoms with van der Waals surface area (Å²) in [7, 11) is 0. The molecule has 0 aliphatic carbocycles. The first-order chi connectivity index (χ1) is 6.78. The van der Waals surface area contributed by atoms with E-state index in [-0.39, 0.29) is 5.60 Å². The van der Waals surface area contributed by atoms with E-state index in [9.17, 15) is 0 Å². The molecule has 0 spiro atoms. The Morgan fingerprint density at radius 2 is 1.67 bits per heavy atom. The third kappa shape index (κ3) is 3.94. The van der Waals surface area contributed by atoms with Crippen LogP contribution in [0.15, 0.2) is 18.2 Å². The SMILES string of the molecule is Cc1cc(OC(C)(C)C)cc(C(C)C)c1. The van der Waals surface area contributed by atoms with Crippen LogP contribution in [0.2, 0.25) is 0 Å². The lowest BCUT2D eigenvalue weighted by atomic mass is 10.0. The molecule has 1 nitrogen and oxygen atoms in total. The van der Waals surface area contributed by atoms with E-state index < -0.39 is 0 Å². The van der Waals surface area contributed by atoms with Gasteiger partial charge in [-0.05, 0) is 56.9 Å². The molecule has 84 valence electrons. The standard InChI is InChI=1S/C14H22O/c1-10(2)12-7-11(3)8-13(9-12)15-14(4,5)6/h7-10H,1-6H3. The summed E-state index contributed by atoms with van der Waals surface area (Å²) in [5.41, 5.74) is 2.48. The molecule has 0 atom stereocenters. The average molecular weight is 206 g/mol. The Morgan fingerprint density at radius 1 is 1.07 bits per heavy atom. The molecule has 0 bridgehead atoms. The van der Waals surface area contributed by atoms with E-state index in [0.29, 0.717) is 5.92 Å². The first-order valence-corrected chi connectivity index (χ1v) is 5.58. The zero-order valence-corrected chi connectivity index (χ0v) is 10.7. The predicted octanol–water partition coefficient (Wildman–Crippen LogP) is 4.30. The second-order valence-corrected chi connectivity index (χ2v) is 5.45. The Labute approximate surface area is 93.5 Å². The topological polar surface area (TPSA) is 9.23 Å². The van der Waals surface area contributed by atoms with Crippen LogP contribution in [0.1, 0.15) is 51.7 Å². The molecule has 1 aromatic rings. The Balaban J connectivity index is 2.99. The van der Waals surface area contributed by atoms with E-state index in [2.05, 4.69) is 59.7 Å². The van der Waals surface area contributed by atoms with E-state index in [1.54, 1.807) is 0 Å². The van der Waals surface area contributed by atoms with Gasteiger partial charge in [-0.25, -0.2) is 0 Å². The van der Waals surface area contributed by atoms with Crippen molar-refractivity contribution < 1.29 is 4.74 Å². The van der Waals surface area contributed by atoms with Gasteiger partial charge < -0.3 is 4.74 Å². The quantitative estimate of drug-likeness (QED) is 0.701. The van der Waals surface area contributed by atoms with E-state index in [4.69, 9.17) is 4.74 Å². The highest BCUT2D eigenvalue weighted by Gasteiger charge is 2.12. The number of benzene rings is 1. The van der Waals surface area contributed by atoms with Crippen LogP contribution in [0, 0.1) is 6.92 Å². The molecule has 0 heterocycles. The summed E-state index contributed by atoms with van der Waals surface area (Å²) in [4.78, 5) is 0. The molecule has 0 fully saturated rings. The third-order valence-corrected chi connectivity index (χ3v) is 2.16. The van der Waals surface area contributed by atoms with Crippen molar-refractivity contribution in [1.82, 2.24) is 0 Å². The van der Waals surface area contributed by atoms with Crippen LogP contribution in [-0.2, 0) is 0 Å². The van der Waals surface area contributed by atoms with Crippen LogP contribution in [0.5, 0.6) is 5.75 Å². The number of hydrogen-bond acceptors (Lipinski definition) is 1. The number of hydrogen-bond donors (Lipinski definition) is 0. The molecular weight excluding hydrogens is 184 g/mol. The summed E-state index contributed by atoms with van der Waals surface area (Å²) in [5, 5.41) is 0. The molecule has 15 heavy (non-hydrogen) atoms. The minimum Gasteiger partial charge on any atom is -0.488 e.